The maximum Gasteiger partial charge on any atom is 0.250 e. The van der Waals surface area contributed by atoms with Crippen molar-refractivity contribution in [1.82, 2.24) is 4.98 Å². The van der Waals surface area contributed by atoms with E-state index < -0.39 is 8.32 Å². The fraction of sp³-hybridized carbons (Fsp3) is 0.292. The molecule has 0 atom stereocenters. The average molecular weight is 470 g/mol. The van der Waals surface area contributed by atoms with Crippen molar-refractivity contribution in [1.29, 1.82) is 0 Å². The van der Waals surface area contributed by atoms with E-state index in [1.165, 1.54) is 0 Å². The first-order valence-electron chi connectivity index (χ1n) is 9.77. The zero-order chi connectivity index (χ0) is 21.1. The molecule has 0 aliphatic heterocycles. The summed E-state index contributed by atoms with van der Waals surface area (Å²) in [5.74, 6) is 1.50. The molecule has 0 bridgehead atoms. The van der Waals surface area contributed by atoms with Crippen LogP contribution in [0.5, 0.6) is 11.6 Å². The van der Waals surface area contributed by atoms with Gasteiger partial charge in [0.1, 0.15) is 12.4 Å². The van der Waals surface area contributed by atoms with Gasteiger partial charge in [-0.3, -0.25) is 0 Å². The maximum atomic E-state index is 6.45. The van der Waals surface area contributed by atoms with Crippen molar-refractivity contribution in [3.05, 3.63) is 76.9 Å². The minimum atomic E-state index is -1.88. The van der Waals surface area contributed by atoms with Crippen LogP contribution in [0.2, 0.25) is 18.1 Å². The molecule has 0 unspecified atom stereocenters. The number of benzene rings is 2. The van der Waals surface area contributed by atoms with Crippen molar-refractivity contribution in [2.45, 2.75) is 45.5 Å². The van der Waals surface area contributed by atoms with Gasteiger partial charge in [0.25, 0.3) is 0 Å². The van der Waals surface area contributed by atoms with E-state index in [0.717, 1.165) is 26.9 Å². The standard InChI is InChI=1S/C24H28BrNO2Si/c1-24(2,3)29(4,5)28-21-13-9-12-19(14-21)20-15-22(25)23(26-16-20)27-17-18-10-7-6-8-11-18/h6-16H,17H2,1-5H3. The highest BCUT2D eigenvalue weighted by Gasteiger charge is 2.38. The summed E-state index contributed by atoms with van der Waals surface area (Å²) in [6.07, 6.45) is 1.84. The van der Waals surface area contributed by atoms with Gasteiger partial charge >= 0.3 is 0 Å². The Morgan fingerprint density at radius 1 is 0.931 bits per heavy atom. The minimum absolute atomic E-state index is 0.158. The second-order valence-corrected chi connectivity index (χ2v) is 14.3. The molecule has 0 N–H and O–H groups in total. The molecular weight excluding hydrogens is 442 g/mol. The van der Waals surface area contributed by atoms with E-state index in [0.29, 0.717) is 12.5 Å². The number of ether oxygens (including phenoxy) is 1. The van der Waals surface area contributed by atoms with Gasteiger partial charge in [-0.2, -0.15) is 0 Å². The number of pyridine rings is 1. The molecule has 1 heterocycles. The molecular formula is C24H28BrNO2Si. The highest BCUT2D eigenvalue weighted by molar-refractivity contribution is 9.10. The predicted molar refractivity (Wildman–Crippen MR) is 126 cm³/mol. The molecule has 2 aromatic carbocycles. The fourth-order valence-electron chi connectivity index (χ4n) is 2.60. The van der Waals surface area contributed by atoms with Crippen LogP contribution in [0.15, 0.2) is 71.3 Å². The lowest BCUT2D eigenvalue weighted by molar-refractivity contribution is 0.292. The summed E-state index contributed by atoms with van der Waals surface area (Å²) >= 11 is 3.60. The van der Waals surface area contributed by atoms with E-state index >= 15 is 0 Å². The first-order valence-corrected chi connectivity index (χ1v) is 13.5. The van der Waals surface area contributed by atoms with Crippen LogP contribution in [0.4, 0.5) is 0 Å². The predicted octanol–water partition coefficient (Wildman–Crippen LogP) is 7.47. The third-order valence-electron chi connectivity index (χ3n) is 5.37. The Kier molecular flexibility index (Phi) is 6.49. The molecule has 29 heavy (non-hydrogen) atoms. The Morgan fingerprint density at radius 2 is 1.66 bits per heavy atom. The largest absolute Gasteiger partial charge is 0.543 e. The lowest BCUT2D eigenvalue weighted by atomic mass is 10.1. The van der Waals surface area contributed by atoms with Gasteiger partial charge in [-0.25, -0.2) is 4.98 Å². The molecule has 0 spiro atoms. The quantitative estimate of drug-likeness (QED) is 0.350. The minimum Gasteiger partial charge on any atom is -0.543 e. The van der Waals surface area contributed by atoms with Crippen LogP contribution in [-0.2, 0) is 6.61 Å². The van der Waals surface area contributed by atoms with E-state index in [-0.39, 0.29) is 5.04 Å². The second kappa shape index (κ2) is 8.72. The van der Waals surface area contributed by atoms with E-state index in [2.05, 4.69) is 66.9 Å². The summed E-state index contributed by atoms with van der Waals surface area (Å²) in [6, 6.07) is 20.4. The topological polar surface area (TPSA) is 31.4 Å². The summed E-state index contributed by atoms with van der Waals surface area (Å²) in [4.78, 5) is 4.51. The van der Waals surface area contributed by atoms with Crippen LogP contribution in [-0.4, -0.2) is 13.3 Å². The van der Waals surface area contributed by atoms with Gasteiger partial charge in [0.15, 0.2) is 0 Å². The van der Waals surface area contributed by atoms with Crippen LogP contribution in [0.1, 0.15) is 26.3 Å². The highest BCUT2D eigenvalue weighted by Crippen LogP contribution is 2.38. The zero-order valence-corrected chi connectivity index (χ0v) is 20.3. The second-order valence-electron chi connectivity index (χ2n) is 8.68. The van der Waals surface area contributed by atoms with Crippen LogP contribution >= 0.6 is 15.9 Å². The number of hydrogen-bond donors (Lipinski definition) is 0. The highest BCUT2D eigenvalue weighted by atomic mass is 79.9. The number of nitrogens with zero attached hydrogens (tertiary/aromatic N) is 1. The van der Waals surface area contributed by atoms with Crippen molar-refractivity contribution in [2.75, 3.05) is 0 Å². The molecule has 3 rings (SSSR count). The Labute approximate surface area is 183 Å². The van der Waals surface area contributed by atoms with Crippen molar-refractivity contribution >= 4 is 24.2 Å². The number of aromatic nitrogens is 1. The zero-order valence-electron chi connectivity index (χ0n) is 17.7. The lowest BCUT2D eigenvalue weighted by Gasteiger charge is -2.36. The summed E-state index contributed by atoms with van der Waals surface area (Å²) in [6.45, 7) is 11.8. The molecule has 0 aliphatic rings. The van der Waals surface area contributed by atoms with E-state index in [9.17, 15) is 0 Å². The van der Waals surface area contributed by atoms with Gasteiger partial charge in [0, 0.05) is 11.8 Å². The van der Waals surface area contributed by atoms with E-state index in [4.69, 9.17) is 9.16 Å². The van der Waals surface area contributed by atoms with Gasteiger partial charge in [0.05, 0.1) is 4.47 Å². The first-order chi connectivity index (χ1) is 13.7. The number of hydrogen-bond acceptors (Lipinski definition) is 3. The third-order valence-corrected chi connectivity index (χ3v) is 10.3. The first kappa shape index (κ1) is 21.6. The van der Waals surface area contributed by atoms with Crippen LogP contribution in [0, 0.1) is 0 Å². The van der Waals surface area contributed by atoms with Gasteiger partial charge < -0.3 is 9.16 Å². The summed E-state index contributed by atoms with van der Waals surface area (Å²) in [5, 5.41) is 0.158. The Morgan fingerprint density at radius 3 is 2.31 bits per heavy atom. The summed E-state index contributed by atoms with van der Waals surface area (Å²) in [7, 11) is -1.88. The molecule has 5 heteroatoms. The Balaban J connectivity index is 1.76. The Hall–Kier alpha value is -2.11. The molecule has 1 aromatic heterocycles. The summed E-state index contributed by atoms with van der Waals surface area (Å²) in [5.41, 5.74) is 3.20. The van der Waals surface area contributed by atoms with Crippen molar-refractivity contribution in [3.8, 4) is 22.8 Å². The monoisotopic (exact) mass is 469 g/mol. The third kappa shape index (κ3) is 5.49. The van der Waals surface area contributed by atoms with E-state index in [1.807, 2.05) is 54.7 Å². The number of halogens is 1. The molecule has 0 fully saturated rings. The van der Waals surface area contributed by atoms with Gasteiger partial charge in [-0.05, 0) is 63.4 Å². The fourth-order valence-corrected chi connectivity index (χ4v) is 4.09. The van der Waals surface area contributed by atoms with Crippen molar-refractivity contribution in [2.24, 2.45) is 0 Å². The SMILES string of the molecule is CC(C)(C)[Si](C)(C)Oc1cccc(-c2cnc(OCc3ccccc3)c(Br)c2)c1. The average Bonchev–Trinajstić information content (AvgIpc) is 2.67. The van der Waals surface area contributed by atoms with Crippen molar-refractivity contribution in [3.63, 3.8) is 0 Å². The number of rotatable bonds is 6. The molecule has 152 valence electrons. The van der Waals surface area contributed by atoms with Crippen LogP contribution in [0.25, 0.3) is 11.1 Å². The van der Waals surface area contributed by atoms with Crippen molar-refractivity contribution < 1.29 is 9.16 Å². The maximum absolute atomic E-state index is 6.45. The van der Waals surface area contributed by atoms with E-state index in [1.54, 1.807) is 0 Å². The molecule has 0 amide bonds. The molecule has 3 nitrogen and oxygen atoms in total. The van der Waals surface area contributed by atoms with Gasteiger partial charge in [-0.15, -0.1) is 0 Å². The van der Waals surface area contributed by atoms with Crippen LogP contribution in [0.3, 0.4) is 0 Å². The van der Waals surface area contributed by atoms with Crippen LogP contribution < -0.4 is 9.16 Å². The molecule has 3 aromatic rings. The Bertz CT molecular complexity index is 968. The molecule has 0 radical (unpaired) electrons. The molecule has 0 aliphatic carbocycles. The summed E-state index contributed by atoms with van der Waals surface area (Å²) < 4.78 is 13.2. The van der Waals surface area contributed by atoms with Gasteiger partial charge in [0.2, 0.25) is 14.2 Å². The lowest BCUT2D eigenvalue weighted by Crippen LogP contribution is -2.43. The normalized spacial score (nSPS) is 11.9. The molecule has 0 saturated heterocycles. The smallest absolute Gasteiger partial charge is 0.250 e. The van der Waals surface area contributed by atoms with Gasteiger partial charge in [-0.1, -0.05) is 63.2 Å². The molecule has 0 saturated carbocycles.